The molecular weight excluding hydrogens is 238 g/mol. The molecule has 4 nitrogen and oxygen atoms in total. The molecule has 1 atom stereocenters. The highest BCUT2D eigenvalue weighted by atomic mass is 16.2. The zero-order valence-corrected chi connectivity index (χ0v) is 11.0. The van der Waals surface area contributed by atoms with E-state index in [0.717, 1.165) is 30.8 Å². The van der Waals surface area contributed by atoms with Crippen LogP contribution in [0.3, 0.4) is 0 Å². The lowest BCUT2D eigenvalue weighted by Gasteiger charge is -2.24. The van der Waals surface area contributed by atoms with Gasteiger partial charge in [-0.05, 0) is 37.1 Å². The lowest BCUT2D eigenvalue weighted by Crippen LogP contribution is -2.32. The second-order valence-corrected chi connectivity index (χ2v) is 4.92. The molecule has 0 saturated carbocycles. The minimum atomic E-state index is 0.0978. The first-order chi connectivity index (χ1) is 9.27. The predicted octanol–water partition coefficient (Wildman–Crippen LogP) is 2.40. The molecule has 0 spiro atoms. The van der Waals surface area contributed by atoms with Crippen LogP contribution in [0.25, 0.3) is 0 Å². The molecule has 1 aliphatic rings. The molecule has 0 N–H and O–H groups in total. The maximum Gasteiger partial charge on any atom is 0.271 e. The minimum Gasteiger partial charge on any atom is -0.347 e. The molecule has 1 fully saturated rings. The molecule has 0 unspecified atom stereocenters. The van der Waals surface area contributed by atoms with Gasteiger partial charge in [-0.2, -0.15) is 0 Å². The molecule has 3 rings (SSSR count). The average Bonchev–Trinajstić information content (AvgIpc) is 3.07. The highest BCUT2D eigenvalue weighted by molar-refractivity contribution is 5.93. The molecule has 2 aromatic heterocycles. The van der Waals surface area contributed by atoms with Crippen LogP contribution in [0, 0.1) is 0 Å². The Labute approximate surface area is 112 Å². The number of carbonyl (C=O) groups excluding carboxylic acids is 1. The number of hydrogen-bond acceptors (Lipinski definition) is 2. The van der Waals surface area contributed by atoms with Crippen LogP contribution in [0.5, 0.6) is 0 Å². The second-order valence-electron chi connectivity index (χ2n) is 4.92. The molecule has 98 valence electrons. The maximum atomic E-state index is 12.6. The van der Waals surface area contributed by atoms with Crippen molar-refractivity contribution in [3.05, 3.63) is 54.1 Å². The van der Waals surface area contributed by atoms with Crippen LogP contribution in [-0.2, 0) is 7.05 Å². The van der Waals surface area contributed by atoms with Gasteiger partial charge in [0.25, 0.3) is 5.91 Å². The van der Waals surface area contributed by atoms with E-state index >= 15 is 0 Å². The number of carbonyl (C=O) groups is 1. The molecule has 0 aromatic carbocycles. The van der Waals surface area contributed by atoms with Crippen molar-refractivity contribution in [1.82, 2.24) is 14.5 Å². The van der Waals surface area contributed by atoms with Crippen molar-refractivity contribution in [2.75, 3.05) is 6.54 Å². The molecule has 0 radical (unpaired) electrons. The van der Waals surface area contributed by atoms with Gasteiger partial charge in [0.2, 0.25) is 0 Å². The van der Waals surface area contributed by atoms with Gasteiger partial charge in [0.15, 0.2) is 0 Å². The van der Waals surface area contributed by atoms with Crippen molar-refractivity contribution in [1.29, 1.82) is 0 Å². The monoisotopic (exact) mass is 255 g/mol. The van der Waals surface area contributed by atoms with Gasteiger partial charge in [-0.25, -0.2) is 0 Å². The lowest BCUT2D eigenvalue weighted by molar-refractivity contribution is 0.0723. The molecule has 0 aliphatic carbocycles. The summed E-state index contributed by atoms with van der Waals surface area (Å²) < 4.78 is 1.87. The van der Waals surface area contributed by atoms with Crippen LogP contribution >= 0.6 is 0 Å². The lowest BCUT2D eigenvalue weighted by atomic mass is 10.1. The fourth-order valence-corrected chi connectivity index (χ4v) is 2.72. The number of pyridine rings is 1. The van der Waals surface area contributed by atoms with E-state index < -0.39 is 0 Å². The van der Waals surface area contributed by atoms with Gasteiger partial charge in [-0.3, -0.25) is 9.78 Å². The summed E-state index contributed by atoms with van der Waals surface area (Å²) in [7, 11) is 1.90. The number of likely N-dealkylation sites (tertiary alicyclic amines) is 1. The van der Waals surface area contributed by atoms with E-state index in [1.807, 2.05) is 53.0 Å². The predicted molar refractivity (Wildman–Crippen MR) is 72.7 cm³/mol. The molecular formula is C15H17N3O. The fraction of sp³-hybridized carbons (Fsp3) is 0.333. The van der Waals surface area contributed by atoms with Crippen molar-refractivity contribution >= 4 is 5.91 Å². The van der Waals surface area contributed by atoms with Crippen molar-refractivity contribution in [2.24, 2.45) is 7.05 Å². The summed E-state index contributed by atoms with van der Waals surface area (Å²) in [4.78, 5) is 18.9. The van der Waals surface area contributed by atoms with Gasteiger partial charge in [0.1, 0.15) is 5.69 Å². The number of amides is 1. The third-order valence-corrected chi connectivity index (χ3v) is 3.71. The zero-order valence-electron chi connectivity index (χ0n) is 11.0. The Morgan fingerprint density at radius 1 is 1.32 bits per heavy atom. The minimum absolute atomic E-state index is 0.0978. The Hall–Kier alpha value is -2.10. The van der Waals surface area contributed by atoms with Gasteiger partial charge < -0.3 is 9.47 Å². The molecule has 19 heavy (non-hydrogen) atoms. The van der Waals surface area contributed by atoms with Crippen molar-refractivity contribution in [3.63, 3.8) is 0 Å². The first kappa shape index (κ1) is 12.0. The Bertz CT molecular complexity index is 576. The van der Waals surface area contributed by atoms with Crippen LogP contribution in [0.4, 0.5) is 0 Å². The van der Waals surface area contributed by atoms with Crippen LogP contribution in [-0.4, -0.2) is 26.9 Å². The number of rotatable bonds is 2. The highest BCUT2D eigenvalue weighted by Gasteiger charge is 2.32. The van der Waals surface area contributed by atoms with E-state index in [-0.39, 0.29) is 11.9 Å². The van der Waals surface area contributed by atoms with Gasteiger partial charge >= 0.3 is 0 Å². The standard InChI is InChI=1S/C15H17N3O/c1-17-10-4-8-14(17)15(19)18-11-5-7-13(18)12-6-2-3-9-16-12/h2-4,6,8-10,13H,5,7,11H2,1H3/t13-/m1/s1. The van der Waals surface area contributed by atoms with Gasteiger partial charge in [-0.15, -0.1) is 0 Å². The molecule has 2 aromatic rings. The number of hydrogen-bond donors (Lipinski definition) is 0. The Morgan fingerprint density at radius 3 is 2.89 bits per heavy atom. The molecule has 4 heteroatoms. The summed E-state index contributed by atoms with van der Waals surface area (Å²) in [5.74, 6) is 0.0978. The van der Waals surface area contributed by atoms with Crippen molar-refractivity contribution in [3.8, 4) is 0 Å². The number of aryl methyl sites for hydroxylation is 1. The van der Waals surface area contributed by atoms with Crippen LogP contribution in [0.15, 0.2) is 42.7 Å². The fourth-order valence-electron chi connectivity index (χ4n) is 2.72. The first-order valence-electron chi connectivity index (χ1n) is 6.60. The summed E-state index contributed by atoms with van der Waals surface area (Å²) in [5.41, 5.74) is 1.73. The average molecular weight is 255 g/mol. The van der Waals surface area contributed by atoms with Crippen molar-refractivity contribution < 1.29 is 4.79 Å². The second kappa shape index (κ2) is 4.88. The molecule has 0 bridgehead atoms. The molecule has 1 saturated heterocycles. The summed E-state index contributed by atoms with van der Waals surface area (Å²) in [6.07, 6.45) is 5.72. The number of aromatic nitrogens is 2. The van der Waals surface area contributed by atoms with E-state index in [1.165, 1.54) is 0 Å². The normalized spacial score (nSPS) is 18.8. The first-order valence-corrected chi connectivity index (χ1v) is 6.60. The van der Waals surface area contributed by atoms with Crippen LogP contribution < -0.4 is 0 Å². The zero-order chi connectivity index (χ0) is 13.2. The molecule has 1 aliphatic heterocycles. The van der Waals surface area contributed by atoms with Crippen LogP contribution in [0.1, 0.15) is 35.1 Å². The van der Waals surface area contributed by atoms with E-state index in [4.69, 9.17) is 0 Å². The van der Waals surface area contributed by atoms with Crippen LogP contribution in [0.2, 0.25) is 0 Å². The molecule has 3 heterocycles. The van der Waals surface area contributed by atoms with E-state index in [2.05, 4.69) is 4.98 Å². The summed E-state index contributed by atoms with van der Waals surface area (Å²) in [6.45, 7) is 0.811. The largest absolute Gasteiger partial charge is 0.347 e. The topological polar surface area (TPSA) is 38.1 Å². The summed E-state index contributed by atoms with van der Waals surface area (Å²) >= 11 is 0. The van der Waals surface area contributed by atoms with E-state index in [0.29, 0.717) is 0 Å². The summed E-state index contributed by atoms with van der Waals surface area (Å²) in [5, 5.41) is 0. The summed E-state index contributed by atoms with van der Waals surface area (Å²) in [6, 6.07) is 9.77. The smallest absolute Gasteiger partial charge is 0.271 e. The quantitative estimate of drug-likeness (QED) is 0.826. The van der Waals surface area contributed by atoms with Gasteiger partial charge in [0.05, 0.1) is 11.7 Å². The van der Waals surface area contributed by atoms with Gasteiger partial charge in [0, 0.05) is 26.0 Å². The number of nitrogens with zero attached hydrogens (tertiary/aromatic N) is 3. The highest BCUT2D eigenvalue weighted by Crippen LogP contribution is 2.31. The maximum absolute atomic E-state index is 12.6. The third-order valence-electron chi connectivity index (χ3n) is 3.71. The Balaban J connectivity index is 1.88. The van der Waals surface area contributed by atoms with Crippen molar-refractivity contribution in [2.45, 2.75) is 18.9 Å². The van der Waals surface area contributed by atoms with Gasteiger partial charge in [-0.1, -0.05) is 6.07 Å². The Kier molecular flexibility index (Phi) is 3.07. The molecule has 1 amide bonds. The third kappa shape index (κ3) is 2.14. The Morgan fingerprint density at radius 2 is 2.21 bits per heavy atom. The van der Waals surface area contributed by atoms with E-state index in [1.54, 1.807) is 6.20 Å². The SMILES string of the molecule is Cn1cccc1C(=O)N1CCC[C@@H]1c1ccccn1. The van der Waals surface area contributed by atoms with E-state index in [9.17, 15) is 4.79 Å².